The van der Waals surface area contributed by atoms with E-state index in [0.29, 0.717) is 12.5 Å². The van der Waals surface area contributed by atoms with E-state index < -0.39 is 0 Å². The Labute approximate surface area is 205 Å². The van der Waals surface area contributed by atoms with Crippen LogP contribution in [0.25, 0.3) is 0 Å². The van der Waals surface area contributed by atoms with Crippen LogP contribution >= 0.6 is 0 Å². The third-order valence-electron chi connectivity index (χ3n) is 5.64. The molecule has 0 aliphatic heterocycles. The molecular weight excluding hydrogens is 511 g/mol. The number of ether oxygens (including phenoxy) is 2. The van der Waals surface area contributed by atoms with Gasteiger partial charge in [-0.2, -0.15) is 0 Å². The van der Waals surface area contributed by atoms with E-state index in [1.165, 1.54) is 65.4 Å². The summed E-state index contributed by atoms with van der Waals surface area (Å²) < 4.78 is 14.4. The standard InChI is InChI=1S/C28H40IO3/c1-4-5-6-7-8-9-10-12-15-23(2)28(32-24(3)30)22-31-27-20-18-26(19-21-27)29-25-16-13-11-14-17-25/h11,13-14,16-21,23,28H,4-10,12,15,22H2,1-3H3/q-1. The topological polar surface area (TPSA) is 35.5 Å². The van der Waals surface area contributed by atoms with Gasteiger partial charge in [-0.25, -0.2) is 0 Å². The van der Waals surface area contributed by atoms with E-state index in [9.17, 15) is 4.79 Å². The second-order valence-electron chi connectivity index (χ2n) is 8.54. The van der Waals surface area contributed by atoms with Gasteiger partial charge < -0.3 is 0 Å². The summed E-state index contributed by atoms with van der Waals surface area (Å²) in [6.07, 6.45) is 11.4. The monoisotopic (exact) mass is 551 g/mol. The predicted molar refractivity (Wildman–Crippen MR) is 128 cm³/mol. The Morgan fingerprint density at radius 2 is 1.44 bits per heavy atom. The third-order valence-corrected chi connectivity index (χ3v) is 8.33. The van der Waals surface area contributed by atoms with Crippen molar-refractivity contribution in [2.24, 2.45) is 5.92 Å². The average Bonchev–Trinajstić information content (AvgIpc) is 2.79. The zero-order valence-corrected chi connectivity index (χ0v) is 22.2. The quantitative estimate of drug-likeness (QED) is 0.178. The molecule has 2 unspecified atom stereocenters. The molecule has 178 valence electrons. The number of rotatable bonds is 16. The summed E-state index contributed by atoms with van der Waals surface area (Å²) in [6.45, 7) is 6.32. The molecule has 0 aliphatic carbocycles. The van der Waals surface area contributed by atoms with E-state index in [0.717, 1.165) is 12.2 Å². The van der Waals surface area contributed by atoms with Gasteiger partial charge in [0.1, 0.15) is 0 Å². The minimum absolute atomic E-state index is 0.170. The molecule has 0 radical (unpaired) electrons. The Bertz CT molecular complexity index is 745. The number of carbonyl (C=O) groups is 1. The van der Waals surface area contributed by atoms with Crippen LogP contribution in [0.5, 0.6) is 5.75 Å². The Kier molecular flexibility index (Phi) is 13.4. The van der Waals surface area contributed by atoms with E-state index in [1.807, 2.05) is 12.1 Å². The first-order valence-corrected chi connectivity index (χ1v) is 14.3. The molecule has 0 bridgehead atoms. The number of esters is 1. The second kappa shape index (κ2) is 16.1. The molecule has 0 aromatic heterocycles. The van der Waals surface area contributed by atoms with Crippen molar-refractivity contribution in [2.75, 3.05) is 6.61 Å². The van der Waals surface area contributed by atoms with Gasteiger partial charge in [-0.1, -0.05) is 39.0 Å². The molecule has 0 N–H and O–H groups in total. The number of hydrogen-bond donors (Lipinski definition) is 0. The van der Waals surface area contributed by atoms with Gasteiger partial charge in [0.25, 0.3) is 0 Å². The maximum absolute atomic E-state index is 11.6. The summed E-state index contributed by atoms with van der Waals surface area (Å²) in [6, 6.07) is 19.0. The molecule has 0 aliphatic rings. The van der Waals surface area contributed by atoms with Crippen molar-refractivity contribution >= 4 is 5.97 Å². The van der Waals surface area contributed by atoms with Crippen molar-refractivity contribution in [2.45, 2.75) is 84.7 Å². The molecular formula is C28H40IO3-. The predicted octanol–water partition coefficient (Wildman–Crippen LogP) is 4.29. The average molecular weight is 552 g/mol. The van der Waals surface area contributed by atoms with Gasteiger partial charge in [-0.3, -0.25) is 0 Å². The maximum atomic E-state index is 11.6. The van der Waals surface area contributed by atoms with Crippen LogP contribution in [0.3, 0.4) is 0 Å². The van der Waals surface area contributed by atoms with Crippen molar-refractivity contribution in [1.82, 2.24) is 0 Å². The van der Waals surface area contributed by atoms with Crippen LogP contribution in [0.1, 0.15) is 78.6 Å². The third kappa shape index (κ3) is 11.3. The first-order chi connectivity index (χ1) is 15.6. The number of hydrogen-bond acceptors (Lipinski definition) is 3. The SMILES string of the molecule is CCCCCCCCCCC(C)C(COc1ccc([I-]c2ccccc2)cc1)OC(C)=O. The summed E-state index contributed by atoms with van der Waals surface area (Å²) in [7, 11) is 0. The molecule has 0 spiro atoms. The van der Waals surface area contributed by atoms with E-state index in [-0.39, 0.29) is 33.3 Å². The fraction of sp³-hybridized carbons (Fsp3) is 0.536. The molecule has 4 heteroatoms. The molecule has 0 saturated heterocycles. The Morgan fingerprint density at radius 3 is 2.06 bits per heavy atom. The van der Waals surface area contributed by atoms with Crippen LogP contribution in [-0.4, -0.2) is 18.7 Å². The van der Waals surface area contributed by atoms with Crippen molar-refractivity contribution in [3.05, 3.63) is 61.7 Å². The summed E-state index contributed by atoms with van der Waals surface area (Å²) in [5.74, 6) is 0.897. The van der Waals surface area contributed by atoms with E-state index >= 15 is 0 Å². The molecule has 2 aromatic rings. The van der Waals surface area contributed by atoms with Gasteiger partial charge in [0.05, 0.1) is 0 Å². The van der Waals surface area contributed by atoms with Crippen LogP contribution in [0.2, 0.25) is 0 Å². The number of benzene rings is 2. The summed E-state index contributed by atoms with van der Waals surface area (Å²) in [4.78, 5) is 11.6. The molecule has 2 rings (SSSR count). The number of unbranched alkanes of at least 4 members (excludes halogenated alkanes) is 7. The molecule has 0 heterocycles. The normalized spacial score (nSPS) is 13.0. The van der Waals surface area contributed by atoms with Crippen LogP contribution in [0.15, 0.2) is 54.6 Å². The van der Waals surface area contributed by atoms with Crippen molar-refractivity contribution in [3.8, 4) is 5.75 Å². The van der Waals surface area contributed by atoms with Gasteiger partial charge in [0, 0.05) is 0 Å². The molecule has 0 fully saturated rings. The Hall–Kier alpha value is -1.56. The summed E-state index contributed by atoms with van der Waals surface area (Å²) in [5, 5.41) is 0. The van der Waals surface area contributed by atoms with E-state index in [4.69, 9.17) is 9.47 Å². The van der Waals surface area contributed by atoms with Gasteiger partial charge in [-0.15, -0.1) is 0 Å². The fourth-order valence-electron chi connectivity index (χ4n) is 3.69. The van der Waals surface area contributed by atoms with Crippen molar-refractivity contribution < 1.29 is 35.5 Å². The molecule has 2 atom stereocenters. The second-order valence-corrected chi connectivity index (χ2v) is 11.6. The zero-order valence-electron chi connectivity index (χ0n) is 20.0. The number of halogens is 1. The van der Waals surface area contributed by atoms with Crippen LogP contribution in [0.4, 0.5) is 0 Å². The van der Waals surface area contributed by atoms with Gasteiger partial charge in [-0.05, 0) is 0 Å². The van der Waals surface area contributed by atoms with Gasteiger partial charge in [0.15, 0.2) is 0 Å². The summed E-state index contributed by atoms with van der Waals surface area (Å²) >= 11 is -0.170. The molecule has 2 aromatic carbocycles. The first kappa shape index (κ1) is 26.7. The molecule has 32 heavy (non-hydrogen) atoms. The Morgan fingerprint density at radius 1 is 0.844 bits per heavy atom. The fourth-order valence-corrected chi connectivity index (χ4v) is 5.90. The van der Waals surface area contributed by atoms with Crippen LogP contribution in [0, 0.1) is 13.1 Å². The van der Waals surface area contributed by atoms with Gasteiger partial charge >= 0.3 is 167 Å². The molecule has 0 amide bonds. The van der Waals surface area contributed by atoms with Crippen molar-refractivity contribution in [1.29, 1.82) is 0 Å². The van der Waals surface area contributed by atoms with Crippen LogP contribution in [-0.2, 0) is 9.53 Å². The molecule has 3 nitrogen and oxygen atoms in total. The zero-order chi connectivity index (χ0) is 23.0. The molecule has 0 saturated carbocycles. The van der Waals surface area contributed by atoms with Gasteiger partial charge in [0.2, 0.25) is 0 Å². The first-order valence-electron chi connectivity index (χ1n) is 12.2. The Balaban J connectivity index is 1.74. The van der Waals surface area contributed by atoms with Crippen molar-refractivity contribution in [3.63, 3.8) is 0 Å². The minimum atomic E-state index is -0.232. The van der Waals surface area contributed by atoms with Crippen LogP contribution < -0.4 is 25.9 Å². The van der Waals surface area contributed by atoms with E-state index in [2.05, 4.69) is 56.3 Å². The summed E-state index contributed by atoms with van der Waals surface area (Å²) in [5.41, 5.74) is 0. The number of carbonyl (C=O) groups excluding carboxylic acids is 1. The van der Waals surface area contributed by atoms with E-state index in [1.54, 1.807) is 0 Å².